The number of ketones is 1. The smallest absolute Gasteiger partial charge is 0.334 e. The Morgan fingerprint density at radius 3 is 2.62 bits per heavy atom. The van der Waals surface area contributed by atoms with E-state index in [1.807, 2.05) is 0 Å². The highest BCUT2D eigenvalue weighted by molar-refractivity contribution is 5.96. The van der Waals surface area contributed by atoms with E-state index in [1.165, 1.54) is 0 Å². The molecule has 3 N–H and O–H groups in total. The number of hydrogen-bond acceptors (Lipinski definition) is 6. The van der Waals surface area contributed by atoms with Crippen molar-refractivity contribution in [3.05, 3.63) is 34.9 Å². The van der Waals surface area contributed by atoms with Crippen molar-refractivity contribution in [1.29, 1.82) is 0 Å². The van der Waals surface area contributed by atoms with Crippen LogP contribution in [0.1, 0.15) is 41.0 Å². The quantitative estimate of drug-likeness (QED) is 0.268. The lowest BCUT2D eigenvalue weighted by molar-refractivity contribution is -0.200. The van der Waals surface area contributed by atoms with Crippen molar-refractivity contribution in [2.24, 2.45) is 34.5 Å². The Labute approximate surface area is 189 Å². The van der Waals surface area contributed by atoms with Gasteiger partial charge in [-0.1, -0.05) is 32.1 Å². The van der Waals surface area contributed by atoms with Crippen LogP contribution >= 0.6 is 0 Å². The van der Waals surface area contributed by atoms with Crippen molar-refractivity contribution < 1.29 is 29.6 Å². The number of ether oxygens (including phenoxy) is 1. The molecule has 0 aromatic rings. The molecule has 0 aromatic carbocycles. The average molecular weight is 441 g/mol. The number of aliphatic hydroxyl groups excluding tert-OH is 2. The van der Waals surface area contributed by atoms with E-state index >= 15 is 0 Å². The Hall–Kier alpha value is -2.20. The number of esters is 1. The summed E-state index contributed by atoms with van der Waals surface area (Å²) in [5.74, 6) is 0.648. The summed E-state index contributed by atoms with van der Waals surface area (Å²) in [6.45, 7) is 8.56. The normalized spacial score (nSPS) is 44.2. The van der Waals surface area contributed by atoms with Gasteiger partial charge in [-0.2, -0.15) is 0 Å². The standard InChI is InChI=1S/C26H32O6/c1-7-13(3)23(30)32-22-15(12-27)9-17-19-18(24(19,5)6)10-16(8-2)25(21(17)29)11-14(4)20(28)26(22,25)31/h2,7,9,11,16-20,22,27-28,31H,10,12H2,1,3-6H3/b13-7-/t16?,17-,18-,19+,20+,22-,25+,26-/m1/s1. The van der Waals surface area contributed by atoms with E-state index in [2.05, 4.69) is 19.8 Å². The fourth-order valence-corrected chi connectivity index (χ4v) is 6.73. The molecule has 1 spiro atoms. The first-order chi connectivity index (χ1) is 14.9. The van der Waals surface area contributed by atoms with E-state index in [9.17, 15) is 24.9 Å². The second-order valence-electron chi connectivity index (χ2n) is 10.4. The number of Topliss-reactive ketones (excluding diaryl/α,β-unsaturated/α-hetero) is 1. The van der Waals surface area contributed by atoms with Crippen LogP contribution in [0.3, 0.4) is 0 Å². The second-order valence-corrected chi connectivity index (χ2v) is 10.4. The predicted octanol–water partition coefficient (Wildman–Crippen LogP) is 1.95. The molecule has 4 rings (SSSR count). The molecule has 6 heteroatoms. The zero-order valence-electron chi connectivity index (χ0n) is 19.3. The maximum Gasteiger partial charge on any atom is 0.334 e. The van der Waals surface area contributed by atoms with Gasteiger partial charge in [0.25, 0.3) is 0 Å². The van der Waals surface area contributed by atoms with Gasteiger partial charge in [0.1, 0.15) is 6.10 Å². The van der Waals surface area contributed by atoms with Gasteiger partial charge in [-0.05, 0) is 55.6 Å². The first-order valence-electron chi connectivity index (χ1n) is 11.2. The fraction of sp³-hybridized carbons (Fsp3) is 0.615. The molecule has 6 nitrogen and oxygen atoms in total. The molecule has 0 radical (unpaired) electrons. The number of hydrogen-bond donors (Lipinski definition) is 3. The van der Waals surface area contributed by atoms with Gasteiger partial charge in [0.05, 0.1) is 12.0 Å². The van der Waals surface area contributed by atoms with Gasteiger partial charge < -0.3 is 20.1 Å². The van der Waals surface area contributed by atoms with Gasteiger partial charge >= 0.3 is 5.97 Å². The van der Waals surface area contributed by atoms with Crippen LogP contribution in [-0.2, 0) is 14.3 Å². The van der Waals surface area contributed by atoms with Crippen molar-refractivity contribution in [2.45, 2.75) is 58.8 Å². The molecule has 2 fully saturated rings. The van der Waals surface area contributed by atoms with Crippen LogP contribution in [0.25, 0.3) is 0 Å². The van der Waals surface area contributed by atoms with Gasteiger partial charge in [0.15, 0.2) is 17.5 Å². The Morgan fingerprint density at radius 1 is 1.41 bits per heavy atom. The molecular weight excluding hydrogens is 408 g/mol. The summed E-state index contributed by atoms with van der Waals surface area (Å²) in [6, 6.07) is 0. The summed E-state index contributed by atoms with van der Waals surface area (Å²) in [4.78, 5) is 27.0. The van der Waals surface area contributed by atoms with E-state index in [0.717, 1.165) is 0 Å². The highest BCUT2D eigenvalue weighted by atomic mass is 16.6. The molecule has 0 aromatic heterocycles. The lowest BCUT2D eigenvalue weighted by Gasteiger charge is -2.48. The van der Waals surface area contributed by atoms with E-state index in [0.29, 0.717) is 17.6 Å². The van der Waals surface area contributed by atoms with Gasteiger partial charge in [0, 0.05) is 17.4 Å². The number of aliphatic hydroxyl groups is 3. The maximum absolute atomic E-state index is 14.2. The van der Waals surface area contributed by atoms with Crippen LogP contribution in [0.15, 0.2) is 34.9 Å². The van der Waals surface area contributed by atoms with Gasteiger partial charge in [0.2, 0.25) is 0 Å². The molecule has 0 saturated heterocycles. The monoisotopic (exact) mass is 440 g/mol. The van der Waals surface area contributed by atoms with Gasteiger partial charge in [-0.3, -0.25) is 4.79 Å². The zero-order valence-corrected chi connectivity index (χ0v) is 19.3. The lowest BCUT2D eigenvalue weighted by Crippen LogP contribution is -2.66. The number of carbonyl (C=O) groups is 2. The summed E-state index contributed by atoms with van der Waals surface area (Å²) in [6.07, 6.45) is 8.41. The zero-order chi connectivity index (χ0) is 23.8. The molecule has 172 valence electrons. The Bertz CT molecular complexity index is 1010. The lowest BCUT2D eigenvalue weighted by atomic mass is 9.58. The third kappa shape index (κ3) is 2.59. The molecule has 8 atom stereocenters. The van der Waals surface area contributed by atoms with Crippen LogP contribution < -0.4 is 0 Å². The fourth-order valence-electron chi connectivity index (χ4n) is 6.73. The Morgan fingerprint density at radius 2 is 2.06 bits per heavy atom. The molecule has 2 saturated carbocycles. The third-order valence-electron chi connectivity index (χ3n) is 8.74. The summed E-state index contributed by atoms with van der Waals surface area (Å²) in [5.41, 5.74) is -3.05. The number of terminal acetylenes is 1. The van der Waals surface area contributed by atoms with Crippen molar-refractivity contribution in [1.82, 2.24) is 0 Å². The van der Waals surface area contributed by atoms with Crippen molar-refractivity contribution in [3.8, 4) is 12.3 Å². The molecule has 4 aliphatic carbocycles. The van der Waals surface area contributed by atoms with Crippen LogP contribution in [0.2, 0.25) is 0 Å². The van der Waals surface area contributed by atoms with Crippen LogP contribution in [0, 0.1) is 46.8 Å². The van der Waals surface area contributed by atoms with E-state index < -0.39 is 47.6 Å². The van der Waals surface area contributed by atoms with Crippen LogP contribution in [0.4, 0.5) is 0 Å². The largest absolute Gasteiger partial charge is 0.451 e. The van der Waals surface area contributed by atoms with Gasteiger partial charge in [-0.15, -0.1) is 12.3 Å². The van der Waals surface area contributed by atoms with E-state index in [1.54, 1.807) is 39.0 Å². The summed E-state index contributed by atoms with van der Waals surface area (Å²) in [7, 11) is 0. The molecular formula is C26H32O6. The average Bonchev–Trinajstić information content (AvgIpc) is 3.28. The highest BCUT2D eigenvalue weighted by Gasteiger charge is 2.77. The van der Waals surface area contributed by atoms with Gasteiger partial charge in [-0.25, -0.2) is 4.79 Å². The van der Waals surface area contributed by atoms with Crippen LogP contribution in [0.5, 0.6) is 0 Å². The Kier molecular flexibility index (Phi) is 5.13. The maximum atomic E-state index is 14.2. The summed E-state index contributed by atoms with van der Waals surface area (Å²) >= 11 is 0. The minimum atomic E-state index is -2.22. The molecule has 0 aliphatic heterocycles. The van der Waals surface area contributed by atoms with Crippen molar-refractivity contribution in [3.63, 3.8) is 0 Å². The SMILES string of the molecule is C#CC1C[C@@H]2[C@H]([C@H]3C=C(CO)[C@@H](OC(=O)/C(C)=C\C)[C@]4(O)[C@@H](O)C(C)=C[C@@]14C3=O)C2(C)C. The Balaban J connectivity index is 2.00. The molecule has 0 heterocycles. The van der Waals surface area contributed by atoms with Crippen molar-refractivity contribution in [2.75, 3.05) is 6.61 Å². The first-order valence-corrected chi connectivity index (χ1v) is 11.2. The predicted molar refractivity (Wildman–Crippen MR) is 118 cm³/mol. The molecule has 4 aliphatic rings. The second kappa shape index (κ2) is 7.15. The van der Waals surface area contributed by atoms with E-state index in [-0.39, 0.29) is 28.6 Å². The third-order valence-corrected chi connectivity index (χ3v) is 8.74. The number of rotatable bonds is 3. The van der Waals surface area contributed by atoms with Crippen molar-refractivity contribution >= 4 is 11.8 Å². The number of fused-ring (bicyclic) bond motifs is 3. The van der Waals surface area contributed by atoms with Crippen LogP contribution in [-0.4, -0.2) is 51.5 Å². The highest BCUT2D eigenvalue weighted by Crippen LogP contribution is 2.71. The molecule has 2 bridgehead atoms. The number of allylic oxidation sites excluding steroid dienone is 2. The van der Waals surface area contributed by atoms with E-state index in [4.69, 9.17) is 11.2 Å². The minimum absolute atomic E-state index is 0.00537. The molecule has 0 amide bonds. The number of carbonyl (C=O) groups excluding carboxylic acids is 2. The summed E-state index contributed by atoms with van der Waals surface area (Å²) < 4.78 is 5.75. The first kappa shape index (κ1) is 23.0. The molecule has 32 heavy (non-hydrogen) atoms. The topological polar surface area (TPSA) is 104 Å². The minimum Gasteiger partial charge on any atom is -0.451 e. The molecule has 1 unspecified atom stereocenters. The summed E-state index contributed by atoms with van der Waals surface area (Å²) in [5, 5.41) is 33.8.